The van der Waals surface area contributed by atoms with Crippen LogP contribution in [0.4, 0.5) is 4.79 Å². The zero-order valence-corrected chi connectivity index (χ0v) is 19.3. The number of hydrogen-bond donors (Lipinski definition) is 1. The van der Waals surface area contributed by atoms with Gasteiger partial charge in [0.25, 0.3) is 0 Å². The molecule has 0 aliphatic carbocycles. The Kier molecular flexibility index (Phi) is 6.97. The van der Waals surface area contributed by atoms with Crippen LogP contribution in [0.25, 0.3) is 0 Å². The predicted octanol–water partition coefficient (Wildman–Crippen LogP) is 4.31. The molecular formula is C17H32INO4Si. The van der Waals surface area contributed by atoms with Gasteiger partial charge in [-0.2, -0.15) is 0 Å². The lowest BCUT2D eigenvalue weighted by Crippen LogP contribution is -2.52. The van der Waals surface area contributed by atoms with Gasteiger partial charge >= 0.3 is 6.09 Å². The van der Waals surface area contributed by atoms with Crippen molar-refractivity contribution in [3.63, 3.8) is 0 Å². The highest BCUT2D eigenvalue weighted by atomic mass is 127. The molecule has 2 atom stereocenters. The van der Waals surface area contributed by atoms with E-state index in [1.165, 1.54) is 0 Å². The summed E-state index contributed by atoms with van der Waals surface area (Å²) in [4.78, 5) is 14.1. The molecule has 7 heteroatoms. The van der Waals surface area contributed by atoms with Crippen molar-refractivity contribution in [3.05, 3.63) is 9.66 Å². The number of β-amino-alcohol motifs (C(OH)–C–C–N with tert-alkyl or cyclic N) is 1. The highest BCUT2D eigenvalue weighted by Crippen LogP contribution is 2.37. The molecule has 24 heavy (non-hydrogen) atoms. The number of halogens is 1. The number of amides is 1. The molecule has 0 aromatic heterocycles. The number of aliphatic hydroxyl groups is 1. The molecule has 5 nitrogen and oxygen atoms in total. The normalized spacial score (nSPS) is 23.1. The van der Waals surface area contributed by atoms with Gasteiger partial charge in [0, 0.05) is 3.58 Å². The third kappa shape index (κ3) is 6.00. The van der Waals surface area contributed by atoms with E-state index in [0.29, 0.717) is 6.61 Å². The zero-order valence-electron chi connectivity index (χ0n) is 16.1. The van der Waals surface area contributed by atoms with Gasteiger partial charge in [0.05, 0.1) is 19.2 Å². The summed E-state index contributed by atoms with van der Waals surface area (Å²) in [5.74, 6) is 0. The van der Waals surface area contributed by atoms with Crippen molar-refractivity contribution in [2.45, 2.75) is 77.4 Å². The molecule has 1 N–H and O–H groups in total. The van der Waals surface area contributed by atoms with E-state index in [9.17, 15) is 9.90 Å². The lowest BCUT2D eigenvalue weighted by Gasteiger charge is -2.40. The van der Waals surface area contributed by atoms with Crippen LogP contribution in [0.1, 0.15) is 41.5 Å². The van der Waals surface area contributed by atoms with Gasteiger partial charge in [-0.05, 0) is 67.6 Å². The van der Waals surface area contributed by atoms with E-state index >= 15 is 0 Å². The molecule has 0 bridgehead atoms. The number of hydrogen-bond acceptors (Lipinski definition) is 4. The minimum Gasteiger partial charge on any atom is -0.444 e. The Morgan fingerprint density at radius 2 is 1.88 bits per heavy atom. The number of carbonyl (C=O) groups excluding carboxylic acids is 1. The van der Waals surface area contributed by atoms with Crippen molar-refractivity contribution >= 4 is 37.0 Å². The van der Waals surface area contributed by atoms with Crippen molar-refractivity contribution in [1.82, 2.24) is 4.90 Å². The number of ether oxygens (including phenoxy) is 1. The Labute approximate surface area is 161 Å². The molecular weight excluding hydrogens is 437 g/mol. The number of carbonyl (C=O) groups is 1. The fourth-order valence-corrected chi connectivity index (χ4v) is 3.61. The van der Waals surface area contributed by atoms with Crippen LogP contribution in [0.5, 0.6) is 0 Å². The Morgan fingerprint density at radius 3 is 2.33 bits per heavy atom. The van der Waals surface area contributed by atoms with Gasteiger partial charge in [-0.15, -0.1) is 0 Å². The smallest absolute Gasteiger partial charge is 0.410 e. The van der Waals surface area contributed by atoms with Gasteiger partial charge in [-0.1, -0.05) is 20.8 Å². The maximum absolute atomic E-state index is 12.5. The van der Waals surface area contributed by atoms with E-state index in [1.54, 1.807) is 4.90 Å². The van der Waals surface area contributed by atoms with Gasteiger partial charge < -0.3 is 14.3 Å². The van der Waals surface area contributed by atoms with Crippen LogP contribution >= 0.6 is 22.6 Å². The Hall–Kier alpha value is -0.123. The largest absolute Gasteiger partial charge is 0.444 e. The molecule has 0 spiro atoms. The van der Waals surface area contributed by atoms with E-state index in [0.717, 1.165) is 3.58 Å². The predicted molar refractivity (Wildman–Crippen MR) is 108 cm³/mol. The van der Waals surface area contributed by atoms with Crippen LogP contribution < -0.4 is 0 Å². The van der Waals surface area contributed by atoms with Crippen LogP contribution in [-0.4, -0.2) is 55.3 Å². The first-order valence-electron chi connectivity index (χ1n) is 8.33. The second-order valence-corrected chi connectivity index (χ2v) is 14.9. The summed E-state index contributed by atoms with van der Waals surface area (Å²) in [5, 5.41) is 10.2. The molecule has 0 fully saturated rings. The fraction of sp³-hybridized carbons (Fsp3) is 0.824. The first-order chi connectivity index (χ1) is 10.6. The standard InChI is InChI=1S/C17H32INO4Si/c1-16(2,3)23-15(21)19-10-14(20)13(18)9-12(19)11-22-24(7,8)17(4,5)6/h9,12,14,20H,10-11H2,1-8H3. The third-order valence-corrected chi connectivity index (χ3v) is 10.1. The van der Waals surface area contributed by atoms with Crippen LogP contribution in [0.3, 0.4) is 0 Å². The van der Waals surface area contributed by atoms with Gasteiger partial charge in [-0.25, -0.2) is 4.79 Å². The molecule has 0 saturated carbocycles. The molecule has 0 saturated heterocycles. The lowest BCUT2D eigenvalue weighted by molar-refractivity contribution is 0.00408. The quantitative estimate of drug-likeness (QED) is 0.495. The van der Waals surface area contributed by atoms with Crippen molar-refractivity contribution < 1.29 is 19.1 Å². The topological polar surface area (TPSA) is 59.0 Å². The Morgan fingerprint density at radius 1 is 1.33 bits per heavy atom. The average molecular weight is 469 g/mol. The van der Waals surface area contributed by atoms with E-state index in [2.05, 4.69) is 56.5 Å². The molecule has 0 aromatic rings. The number of aliphatic hydroxyl groups excluding tert-OH is 1. The number of rotatable bonds is 3. The minimum atomic E-state index is -1.91. The summed E-state index contributed by atoms with van der Waals surface area (Å²) < 4.78 is 12.6. The van der Waals surface area contributed by atoms with Crippen LogP contribution in [0.2, 0.25) is 18.1 Å². The third-order valence-electron chi connectivity index (χ3n) is 4.49. The van der Waals surface area contributed by atoms with E-state index in [-0.39, 0.29) is 17.6 Å². The molecule has 1 heterocycles. The summed E-state index contributed by atoms with van der Waals surface area (Å²) in [6.07, 6.45) is 0.832. The van der Waals surface area contributed by atoms with Crippen LogP contribution in [0.15, 0.2) is 9.66 Å². The molecule has 0 aromatic carbocycles. The summed E-state index contributed by atoms with van der Waals surface area (Å²) in [6, 6.07) is -0.218. The van der Waals surface area contributed by atoms with Gasteiger partial charge in [0.2, 0.25) is 0 Å². The van der Waals surface area contributed by atoms with E-state index < -0.39 is 26.1 Å². The van der Waals surface area contributed by atoms with Crippen molar-refractivity contribution in [3.8, 4) is 0 Å². The molecule has 1 aliphatic heterocycles. The summed E-state index contributed by atoms with van der Waals surface area (Å²) in [6.45, 7) is 17.1. The second kappa shape index (κ2) is 7.63. The molecule has 0 radical (unpaired) electrons. The number of nitrogens with zero attached hydrogens (tertiary/aromatic N) is 1. The summed E-state index contributed by atoms with van der Waals surface area (Å²) in [7, 11) is -1.91. The van der Waals surface area contributed by atoms with Crippen molar-refractivity contribution in [1.29, 1.82) is 0 Å². The van der Waals surface area contributed by atoms with E-state index in [1.807, 2.05) is 26.8 Å². The second-order valence-electron chi connectivity index (χ2n) is 8.84. The maximum Gasteiger partial charge on any atom is 0.410 e. The van der Waals surface area contributed by atoms with Crippen molar-refractivity contribution in [2.24, 2.45) is 0 Å². The molecule has 1 aliphatic rings. The highest BCUT2D eigenvalue weighted by molar-refractivity contribution is 14.1. The molecule has 1 rings (SSSR count). The summed E-state index contributed by atoms with van der Waals surface area (Å²) in [5.41, 5.74) is -0.568. The van der Waals surface area contributed by atoms with Gasteiger partial charge in [-0.3, -0.25) is 4.90 Å². The lowest BCUT2D eigenvalue weighted by atomic mass is 10.1. The van der Waals surface area contributed by atoms with Crippen LogP contribution in [0, 0.1) is 0 Å². The first-order valence-corrected chi connectivity index (χ1v) is 12.3. The highest BCUT2D eigenvalue weighted by Gasteiger charge is 2.40. The first kappa shape index (κ1) is 21.9. The zero-order chi connectivity index (χ0) is 18.9. The summed E-state index contributed by atoms with van der Waals surface area (Å²) >= 11 is 2.12. The molecule has 2 unspecified atom stereocenters. The van der Waals surface area contributed by atoms with Crippen molar-refractivity contribution in [2.75, 3.05) is 13.2 Å². The monoisotopic (exact) mass is 469 g/mol. The fourth-order valence-electron chi connectivity index (χ4n) is 1.97. The van der Waals surface area contributed by atoms with Gasteiger partial charge in [0.1, 0.15) is 11.7 Å². The maximum atomic E-state index is 12.5. The Bertz CT molecular complexity index is 494. The average Bonchev–Trinajstić information content (AvgIpc) is 2.36. The Balaban J connectivity index is 2.92. The molecule has 1 amide bonds. The SMILES string of the molecule is CC(C)(C)OC(=O)N1CC(O)C(I)=CC1CO[Si](C)(C)C(C)(C)C. The molecule has 140 valence electrons. The van der Waals surface area contributed by atoms with E-state index in [4.69, 9.17) is 9.16 Å². The van der Waals surface area contributed by atoms with Crippen LogP contribution in [-0.2, 0) is 9.16 Å². The van der Waals surface area contributed by atoms with Gasteiger partial charge in [0.15, 0.2) is 8.32 Å². The minimum absolute atomic E-state index is 0.106.